The SMILES string of the molecule is Cc1ccoc1C(=O)NC[C@@H]1CCN(Cc2nc(C(C)C)cs2)C1. The zero-order chi connectivity index (χ0) is 17.1. The van der Waals surface area contributed by atoms with Crippen LogP contribution in [-0.4, -0.2) is 35.4 Å². The number of hydrogen-bond acceptors (Lipinski definition) is 5. The molecule has 0 saturated carbocycles. The predicted molar refractivity (Wildman–Crippen MR) is 95.4 cm³/mol. The Morgan fingerprint density at radius 1 is 1.54 bits per heavy atom. The van der Waals surface area contributed by atoms with Gasteiger partial charge in [-0.15, -0.1) is 11.3 Å². The van der Waals surface area contributed by atoms with Crippen LogP contribution in [0.4, 0.5) is 0 Å². The second-order valence-corrected chi connectivity index (χ2v) is 7.80. The molecule has 0 spiro atoms. The molecule has 3 rings (SSSR count). The Morgan fingerprint density at radius 2 is 2.38 bits per heavy atom. The number of hydrogen-bond donors (Lipinski definition) is 1. The van der Waals surface area contributed by atoms with E-state index in [1.807, 2.05) is 13.0 Å². The summed E-state index contributed by atoms with van der Waals surface area (Å²) in [7, 11) is 0. The van der Waals surface area contributed by atoms with Crippen LogP contribution < -0.4 is 5.32 Å². The highest BCUT2D eigenvalue weighted by Crippen LogP contribution is 2.22. The van der Waals surface area contributed by atoms with Gasteiger partial charge >= 0.3 is 0 Å². The van der Waals surface area contributed by atoms with E-state index in [2.05, 4.69) is 29.4 Å². The predicted octanol–water partition coefficient (Wildman–Crippen LogP) is 3.42. The van der Waals surface area contributed by atoms with Gasteiger partial charge in [0.1, 0.15) is 5.01 Å². The summed E-state index contributed by atoms with van der Waals surface area (Å²) in [5, 5.41) is 6.35. The summed E-state index contributed by atoms with van der Waals surface area (Å²) in [5.74, 6) is 1.29. The molecule has 1 saturated heterocycles. The van der Waals surface area contributed by atoms with E-state index in [0.29, 0.717) is 24.1 Å². The van der Waals surface area contributed by atoms with Crippen LogP contribution in [0.2, 0.25) is 0 Å². The molecule has 2 aromatic heterocycles. The first-order chi connectivity index (χ1) is 11.5. The molecule has 0 radical (unpaired) electrons. The zero-order valence-electron chi connectivity index (χ0n) is 14.5. The van der Waals surface area contributed by atoms with Gasteiger partial charge in [0.25, 0.3) is 5.91 Å². The van der Waals surface area contributed by atoms with E-state index < -0.39 is 0 Å². The Balaban J connectivity index is 1.45. The highest BCUT2D eigenvalue weighted by atomic mass is 32.1. The van der Waals surface area contributed by atoms with E-state index in [0.717, 1.165) is 31.6 Å². The maximum Gasteiger partial charge on any atom is 0.287 e. The minimum atomic E-state index is -0.113. The van der Waals surface area contributed by atoms with Crippen molar-refractivity contribution in [2.45, 2.75) is 39.7 Å². The van der Waals surface area contributed by atoms with Crippen molar-refractivity contribution in [3.63, 3.8) is 0 Å². The number of aromatic nitrogens is 1. The van der Waals surface area contributed by atoms with Crippen LogP contribution in [0.1, 0.15) is 53.0 Å². The highest BCUT2D eigenvalue weighted by Gasteiger charge is 2.24. The van der Waals surface area contributed by atoms with Gasteiger partial charge in [-0.1, -0.05) is 13.8 Å². The molecule has 1 aliphatic rings. The van der Waals surface area contributed by atoms with E-state index >= 15 is 0 Å². The molecule has 1 fully saturated rings. The number of carbonyl (C=O) groups excluding carboxylic acids is 1. The van der Waals surface area contributed by atoms with Crippen LogP contribution in [0.25, 0.3) is 0 Å². The third kappa shape index (κ3) is 4.05. The molecule has 1 aliphatic heterocycles. The smallest absolute Gasteiger partial charge is 0.287 e. The van der Waals surface area contributed by atoms with Crippen molar-refractivity contribution < 1.29 is 9.21 Å². The second-order valence-electron chi connectivity index (χ2n) is 6.85. The van der Waals surface area contributed by atoms with Crippen LogP contribution in [0.15, 0.2) is 22.1 Å². The van der Waals surface area contributed by atoms with Crippen LogP contribution >= 0.6 is 11.3 Å². The summed E-state index contributed by atoms with van der Waals surface area (Å²) in [5.41, 5.74) is 2.07. The number of carbonyl (C=O) groups is 1. The summed E-state index contributed by atoms with van der Waals surface area (Å²) in [6.07, 6.45) is 2.67. The first-order valence-corrected chi connectivity index (χ1v) is 9.40. The normalized spacial score (nSPS) is 18.4. The molecular formula is C18H25N3O2S. The molecule has 24 heavy (non-hydrogen) atoms. The van der Waals surface area contributed by atoms with Gasteiger partial charge in [0.05, 0.1) is 18.5 Å². The summed E-state index contributed by atoms with van der Waals surface area (Å²) in [6.45, 7) is 9.92. The summed E-state index contributed by atoms with van der Waals surface area (Å²) < 4.78 is 5.23. The number of aryl methyl sites for hydroxylation is 1. The Labute approximate surface area is 147 Å². The molecule has 1 N–H and O–H groups in total. The molecule has 5 nitrogen and oxygen atoms in total. The molecule has 1 amide bonds. The molecule has 6 heteroatoms. The van der Waals surface area contributed by atoms with Gasteiger partial charge in [-0.25, -0.2) is 4.98 Å². The standard InChI is InChI=1S/C18H25N3O2S/c1-12(2)15-11-24-16(20-15)10-21-6-4-14(9-21)8-19-18(22)17-13(3)5-7-23-17/h5,7,11-12,14H,4,6,8-10H2,1-3H3,(H,19,22)/t14-/m0/s1. The number of nitrogens with one attached hydrogen (secondary N) is 1. The fourth-order valence-electron chi connectivity index (χ4n) is 3.00. The minimum absolute atomic E-state index is 0.113. The lowest BCUT2D eigenvalue weighted by molar-refractivity contribution is 0.0918. The van der Waals surface area contributed by atoms with Crippen molar-refractivity contribution in [3.8, 4) is 0 Å². The fraction of sp³-hybridized carbons (Fsp3) is 0.556. The van der Waals surface area contributed by atoms with E-state index in [1.54, 1.807) is 17.6 Å². The van der Waals surface area contributed by atoms with E-state index in [1.165, 1.54) is 10.7 Å². The average molecular weight is 347 g/mol. The molecule has 3 heterocycles. The summed E-state index contributed by atoms with van der Waals surface area (Å²) >= 11 is 1.75. The van der Waals surface area contributed by atoms with Crippen molar-refractivity contribution >= 4 is 17.2 Å². The Kier molecular flexibility index (Phi) is 5.36. The number of rotatable bonds is 6. The summed E-state index contributed by atoms with van der Waals surface area (Å²) in [6, 6.07) is 1.81. The number of likely N-dealkylation sites (tertiary alicyclic amines) is 1. The molecule has 0 unspecified atom stereocenters. The zero-order valence-corrected chi connectivity index (χ0v) is 15.4. The quantitative estimate of drug-likeness (QED) is 0.870. The summed E-state index contributed by atoms with van der Waals surface area (Å²) in [4.78, 5) is 19.2. The van der Waals surface area contributed by atoms with Crippen LogP contribution in [0, 0.1) is 12.8 Å². The second kappa shape index (κ2) is 7.49. The molecule has 2 aromatic rings. The first kappa shape index (κ1) is 17.2. The first-order valence-electron chi connectivity index (χ1n) is 8.52. The third-order valence-corrected chi connectivity index (χ3v) is 5.36. The van der Waals surface area contributed by atoms with E-state index in [-0.39, 0.29) is 5.91 Å². The highest BCUT2D eigenvalue weighted by molar-refractivity contribution is 7.09. The number of amides is 1. The van der Waals surface area contributed by atoms with Crippen LogP contribution in [0.3, 0.4) is 0 Å². The lowest BCUT2D eigenvalue weighted by Gasteiger charge is -2.14. The van der Waals surface area contributed by atoms with Crippen LogP contribution in [-0.2, 0) is 6.54 Å². The molecular weight excluding hydrogens is 322 g/mol. The molecule has 0 bridgehead atoms. The van der Waals surface area contributed by atoms with Crippen molar-refractivity contribution in [1.82, 2.24) is 15.2 Å². The van der Waals surface area contributed by atoms with Gasteiger partial charge in [0, 0.05) is 24.0 Å². The van der Waals surface area contributed by atoms with Gasteiger partial charge in [-0.3, -0.25) is 9.69 Å². The number of thiazole rings is 1. The Hall–Kier alpha value is -1.66. The van der Waals surface area contributed by atoms with Crippen molar-refractivity contribution in [2.75, 3.05) is 19.6 Å². The Morgan fingerprint density at radius 3 is 3.04 bits per heavy atom. The minimum Gasteiger partial charge on any atom is -0.459 e. The molecule has 1 atom stereocenters. The lowest BCUT2D eigenvalue weighted by Crippen LogP contribution is -2.31. The largest absolute Gasteiger partial charge is 0.459 e. The maximum absolute atomic E-state index is 12.1. The number of furan rings is 1. The van der Waals surface area contributed by atoms with Crippen molar-refractivity contribution in [1.29, 1.82) is 0 Å². The third-order valence-electron chi connectivity index (χ3n) is 4.51. The topological polar surface area (TPSA) is 58.4 Å². The van der Waals surface area contributed by atoms with Crippen LogP contribution in [0.5, 0.6) is 0 Å². The fourth-order valence-corrected chi connectivity index (χ4v) is 4.00. The van der Waals surface area contributed by atoms with Gasteiger partial charge in [-0.05, 0) is 37.8 Å². The monoisotopic (exact) mass is 347 g/mol. The number of nitrogens with zero attached hydrogens (tertiary/aromatic N) is 2. The van der Waals surface area contributed by atoms with Gasteiger partial charge in [-0.2, -0.15) is 0 Å². The molecule has 0 aromatic carbocycles. The average Bonchev–Trinajstić information content (AvgIpc) is 3.26. The lowest BCUT2D eigenvalue weighted by atomic mass is 10.1. The Bertz CT molecular complexity index is 692. The molecule has 130 valence electrons. The van der Waals surface area contributed by atoms with Crippen molar-refractivity contribution in [2.24, 2.45) is 5.92 Å². The van der Waals surface area contributed by atoms with E-state index in [4.69, 9.17) is 9.40 Å². The van der Waals surface area contributed by atoms with Crippen molar-refractivity contribution in [3.05, 3.63) is 39.7 Å². The van der Waals surface area contributed by atoms with E-state index in [9.17, 15) is 4.79 Å². The van der Waals surface area contributed by atoms with Gasteiger partial charge < -0.3 is 9.73 Å². The van der Waals surface area contributed by atoms with Gasteiger partial charge in [0.15, 0.2) is 5.76 Å². The van der Waals surface area contributed by atoms with Gasteiger partial charge in [0.2, 0.25) is 0 Å². The maximum atomic E-state index is 12.1. The molecule has 0 aliphatic carbocycles.